The molecule has 2 aromatic carbocycles. The van der Waals surface area contributed by atoms with E-state index >= 15 is 0 Å². The van der Waals surface area contributed by atoms with E-state index in [2.05, 4.69) is 4.98 Å². The van der Waals surface area contributed by atoms with Gasteiger partial charge in [-0.25, -0.2) is 4.98 Å². The van der Waals surface area contributed by atoms with Crippen LogP contribution in [0.5, 0.6) is 11.5 Å². The highest BCUT2D eigenvalue weighted by molar-refractivity contribution is 7.22. The van der Waals surface area contributed by atoms with Crippen LogP contribution >= 0.6 is 34.3 Å². The molecule has 1 aliphatic rings. The van der Waals surface area contributed by atoms with Crippen LogP contribution in [0.2, 0.25) is 5.02 Å². The van der Waals surface area contributed by atoms with Gasteiger partial charge in [0.15, 0.2) is 22.4 Å². The van der Waals surface area contributed by atoms with E-state index in [-0.39, 0.29) is 17.1 Å². The van der Waals surface area contributed by atoms with E-state index in [0.29, 0.717) is 32.7 Å². The Labute approximate surface area is 207 Å². The van der Waals surface area contributed by atoms with Crippen molar-refractivity contribution in [2.45, 2.75) is 13.0 Å². The predicted molar refractivity (Wildman–Crippen MR) is 132 cm³/mol. The molecular formula is C24H17ClN2O5S2. The topological polar surface area (TPSA) is 100.0 Å². The minimum absolute atomic E-state index is 0.0575. The zero-order valence-corrected chi connectivity index (χ0v) is 20.1. The number of thiophene rings is 1. The summed E-state index contributed by atoms with van der Waals surface area (Å²) in [5, 5.41) is 23.7. The maximum Gasteiger partial charge on any atom is 0.296 e. The summed E-state index contributed by atoms with van der Waals surface area (Å²) in [5.74, 6) is -1.69. The third-order valence-corrected chi connectivity index (χ3v) is 7.46. The second kappa shape index (κ2) is 8.75. The van der Waals surface area contributed by atoms with E-state index in [4.69, 9.17) is 16.3 Å². The average molecular weight is 513 g/mol. The summed E-state index contributed by atoms with van der Waals surface area (Å²) in [4.78, 5) is 33.0. The molecule has 0 saturated heterocycles. The van der Waals surface area contributed by atoms with Crippen LogP contribution in [-0.4, -0.2) is 33.5 Å². The predicted octanol–water partition coefficient (Wildman–Crippen LogP) is 5.90. The Morgan fingerprint density at radius 2 is 2.03 bits per heavy atom. The fourth-order valence-corrected chi connectivity index (χ4v) is 5.80. The number of aliphatic hydroxyl groups is 1. The highest BCUT2D eigenvalue weighted by Crippen LogP contribution is 2.46. The van der Waals surface area contributed by atoms with Crippen molar-refractivity contribution >= 4 is 61.3 Å². The number of phenolic OH excluding ortho intramolecular Hbond substituents is 1. The standard InChI is InChI=1S/C24H17ClN2O5S2/c1-2-32-16-10-12(5-8-15(16)28)20-19(21(29)17-4-3-9-33-17)22(30)23(31)27(20)24-26-14-7-6-13(25)11-18(14)34-24/h3-11,20,28,30H,2H2,1H3. The molecule has 172 valence electrons. The number of nitrogens with zero attached hydrogens (tertiary/aromatic N) is 2. The molecule has 34 heavy (non-hydrogen) atoms. The highest BCUT2D eigenvalue weighted by atomic mass is 35.5. The fourth-order valence-electron chi connectivity index (χ4n) is 3.85. The van der Waals surface area contributed by atoms with Gasteiger partial charge in [-0.15, -0.1) is 11.3 Å². The van der Waals surface area contributed by atoms with Gasteiger partial charge in [-0.1, -0.05) is 35.1 Å². The fraction of sp³-hybridized carbons (Fsp3) is 0.125. The molecule has 2 aromatic heterocycles. The van der Waals surface area contributed by atoms with Gasteiger partial charge in [0.25, 0.3) is 5.91 Å². The highest BCUT2D eigenvalue weighted by Gasteiger charge is 2.46. The minimum atomic E-state index is -0.974. The van der Waals surface area contributed by atoms with Gasteiger partial charge in [0, 0.05) is 5.02 Å². The minimum Gasteiger partial charge on any atom is -0.504 e. The van der Waals surface area contributed by atoms with Crippen LogP contribution in [0.1, 0.15) is 28.2 Å². The Morgan fingerprint density at radius 1 is 1.21 bits per heavy atom. The number of ketones is 1. The van der Waals surface area contributed by atoms with Crippen LogP contribution in [0.3, 0.4) is 0 Å². The van der Waals surface area contributed by atoms with Crippen molar-refractivity contribution in [2.75, 3.05) is 11.5 Å². The number of aliphatic hydroxyl groups excluding tert-OH is 1. The SMILES string of the molecule is CCOc1cc(C2C(C(=O)c3cccs3)=C(O)C(=O)N2c2nc3ccc(Cl)cc3s2)ccc1O. The van der Waals surface area contributed by atoms with Crippen molar-refractivity contribution in [1.29, 1.82) is 0 Å². The number of fused-ring (bicyclic) bond motifs is 1. The van der Waals surface area contributed by atoms with Gasteiger partial charge >= 0.3 is 0 Å². The molecular weight excluding hydrogens is 496 g/mol. The van der Waals surface area contributed by atoms with Gasteiger partial charge in [-0.3, -0.25) is 14.5 Å². The van der Waals surface area contributed by atoms with Gasteiger partial charge in [0.2, 0.25) is 5.78 Å². The van der Waals surface area contributed by atoms with E-state index in [9.17, 15) is 19.8 Å². The first-order valence-corrected chi connectivity index (χ1v) is 12.3. The molecule has 7 nitrogen and oxygen atoms in total. The summed E-state index contributed by atoms with van der Waals surface area (Å²) in [5.41, 5.74) is 1.06. The Balaban J connectivity index is 1.69. The van der Waals surface area contributed by atoms with Crippen molar-refractivity contribution in [3.63, 3.8) is 0 Å². The molecule has 1 unspecified atom stereocenters. The zero-order chi connectivity index (χ0) is 24.0. The van der Waals surface area contributed by atoms with Crippen molar-refractivity contribution < 1.29 is 24.5 Å². The van der Waals surface area contributed by atoms with Crippen LogP contribution in [0, 0.1) is 0 Å². The number of carbonyl (C=O) groups is 2. The van der Waals surface area contributed by atoms with E-state index in [0.717, 1.165) is 4.70 Å². The number of ether oxygens (including phenoxy) is 1. The van der Waals surface area contributed by atoms with Gasteiger partial charge in [-0.2, -0.15) is 0 Å². The number of Topliss-reactive ketones (excluding diaryl/α,β-unsaturated/α-hetero) is 1. The second-order valence-corrected chi connectivity index (χ2v) is 9.81. The number of rotatable bonds is 6. The van der Waals surface area contributed by atoms with Gasteiger partial charge in [-0.05, 0) is 54.3 Å². The van der Waals surface area contributed by atoms with Gasteiger partial charge < -0.3 is 14.9 Å². The number of hydrogen-bond donors (Lipinski definition) is 2. The molecule has 0 aliphatic carbocycles. The lowest BCUT2D eigenvalue weighted by molar-refractivity contribution is -0.117. The molecule has 5 rings (SSSR count). The summed E-state index contributed by atoms with van der Waals surface area (Å²) in [6.45, 7) is 2.09. The number of hydrogen-bond acceptors (Lipinski definition) is 8. The van der Waals surface area contributed by atoms with Crippen LogP contribution in [0.15, 0.2) is 65.2 Å². The Morgan fingerprint density at radius 3 is 2.76 bits per heavy atom. The lowest BCUT2D eigenvalue weighted by atomic mass is 9.95. The number of carbonyl (C=O) groups excluding carboxylic acids is 2. The molecule has 1 aliphatic heterocycles. The molecule has 0 saturated carbocycles. The van der Waals surface area contributed by atoms with E-state index in [1.54, 1.807) is 54.8 Å². The van der Waals surface area contributed by atoms with Gasteiger partial charge in [0.05, 0.1) is 33.3 Å². The molecule has 10 heteroatoms. The molecule has 0 fully saturated rings. The normalized spacial score (nSPS) is 16.0. The number of halogens is 1. The largest absolute Gasteiger partial charge is 0.504 e. The molecule has 0 bridgehead atoms. The molecule has 0 spiro atoms. The second-order valence-electron chi connectivity index (χ2n) is 7.42. The summed E-state index contributed by atoms with van der Waals surface area (Å²) in [7, 11) is 0. The van der Waals surface area contributed by atoms with Gasteiger partial charge in [0.1, 0.15) is 0 Å². The molecule has 0 radical (unpaired) electrons. The van der Waals surface area contributed by atoms with Crippen molar-refractivity contribution in [3.8, 4) is 11.5 Å². The summed E-state index contributed by atoms with van der Waals surface area (Å²) in [6.07, 6.45) is 0. The third-order valence-electron chi connectivity index (χ3n) is 5.34. The van der Waals surface area contributed by atoms with Crippen molar-refractivity contribution in [3.05, 3.63) is 80.7 Å². The number of phenols is 1. The van der Waals surface area contributed by atoms with Crippen LogP contribution in [0.25, 0.3) is 10.2 Å². The Hall–Kier alpha value is -3.40. The van der Waals surface area contributed by atoms with Crippen molar-refractivity contribution in [1.82, 2.24) is 4.98 Å². The Bertz CT molecular complexity index is 1460. The lowest BCUT2D eigenvalue weighted by Crippen LogP contribution is -2.30. The first kappa shape index (κ1) is 22.4. The molecule has 1 amide bonds. The number of amides is 1. The third kappa shape index (κ3) is 3.71. The number of anilines is 1. The van der Waals surface area contributed by atoms with Crippen LogP contribution < -0.4 is 9.64 Å². The number of thiazole rings is 1. The summed E-state index contributed by atoms with van der Waals surface area (Å²) < 4.78 is 6.27. The molecule has 3 heterocycles. The molecule has 1 atom stereocenters. The monoisotopic (exact) mass is 512 g/mol. The quantitative estimate of drug-likeness (QED) is 0.312. The van der Waals surface area contributed by atoms with E-state index in [1.807, 2.05) is 0 Å². The molecule has 2 N–H and O–H groups in total. The summed E-state index contributed by atoms with van der Waals surface area (Å²) in [6, 6.07) is 12.2. The first-order chi connectivity index (χ1) is 16.4. The maximum atomic E-state index is 13.4. The number of aromatic hydroxyl groups is 1. The van der Waals surface area contributed by atoms with Crippen LogP contribution in [0.4, 0.5) is 5.13 Å². The van der Waals surface area contributed by atoms with E-state index < -0.39 is 23.5 Å². The van der Waals surface area contributed by atoms with E-state index in [1.165, 1.54) is 33.6 Å². The zero-order valence-electron chi connectivity index (χ0n) is 17.7. The van der Waals surface area contributed by atoms with Crippen molar-refractivity contribution in [2.24, 2.45) is 0 Å². The maximum absolute atomic E-state index is 13.4. The Kier molecular flexibility index (Phi) is 5.76. The number of benzene rings is 2. The first-order valence-electron chi connectivity index (χ1n) is 10.3. The summed E-state index contributed by atoms with van der Waals surface area (Å²) >= 11 is 8.56. The smallest absolute Gasteiger partial charge is 0.296 e. The molecule has 4 aromatic rings. The lowest BCUT2D eigenvalue weighted by Gasteiger charge is -2.25. The number of aromatic nitrogens is 1. The average Bonchev–Trinajstić information content (AvgIpc) is 3.54. The van der Waals surface area contributed by atoms with Crippen LogP contribution in [-0.2, 0) is 4.79 Å².